The van der Waals surface area contributed by atoms with Gasteiger partial charge in [0.15, 0.2) is 0 Å². The quantitative estimate of drug-likeness (QED) is 0.642. The van der Waals surface area contributed by atoms with Crippen molar-refractivity contribution in [2.45, 2.75) is 51.6 Å². The van der Waals surface area contributed by atoms with Gasteiger partial charge in [-0.1, -0.05) is 26.2 Å². The number of aliphatic hydroxyl groups is 2. The van der Waals surface area contributed by atoms with Gasteiger partial charge in [-0.05, 0) is 19.3 Å². The van der Waals surface area contributed by atoms with Gasteiger partial charge in [-0.15, -0.1) is 0 Å². The van der Waals surface area contributed by atoms with E-state index in [0.717, 1.165) is 32.3 Å². The zero-order chi connectivity index (χ0) is 12.8. The third kappa shape index (κ3) is 13.8. The number of hydrogen-bond acceptors (Lipinski definition) is 4. The molecular weight excluding hydrogens is 220 g/mol. The Labute approximate surface area is 105 Å². The Balaban J connectivity index is 0.000000354. The van der Waals surface area contributed by atoms with Gasteiger partial charge in [-0.25, -0.2) is 0 Å². The van der Waals surface area contributed by atoms with Crippen LogP contribution in [0.3, 0.4) is 0 Å². The topological polar surface area (TPSA) is 58.9 Å². The molecule has 104 valence electrons. The van der Waals surface area contributed by atoms with Gasteiger partial charge in [0.1, 0.15) is 0 Å². The summed E-state index contributed by atoms with van der Waals surface area (Å²) >= 11 is 0. The SMILES string of the molecule is CCCCOCCOCCO.OC1CCCC1. The van der Waals surface area contributed by atoms with Gasteiger partial charge in [-0.3, -0.25) is 0 Å². The Kier molecular flexibility index (Phi) is 13.8. The highest BCUT2D eigenvalue weighted by molar-refractivity contribution is 4.63. The Bertz CT molecular complexity index is 127. The molecule has 1 fully saturated rings. The summed E-state index contributed by atoms with van der Waals surface area (Å²) < 4.78 is 10.2. The monoisotopic (exact) mass is 248 g/mol. The first kappa shape index (κ1) is 16.8. The highest BCUT2D eigenvalue weighted by Crippen LogP contribution is 2.16. The van der Waals surface area contributed by atoms with Crippen LogP contribution in [0, 0.1) is 0 Å². The molecule has 0 radical (unpaired) electrons. The summed E-state index contributed by atoms with van der Waals surface area (Å²) in [5, 5.41) is 17.1. The molecule has 0 unspecified atom stereocenters. The standard InChI is InChI=1S/C8H18O3.C5H10O/c1-2-3-5-10-7-8-11-6-4-9;6-5-3-1-2-4-5/h9H,2-8H2,1H3;5-6H,1-4H2. The minimum absolute atomic E-state index is 0.0463. The molecule has 0 aromatic carbocycles. The van der Waals surface area contributed by atoms with Gasteiger partial charge in [0, 0.05) is 6.61 Å². The van der Waals surface area contributed by atoms with E-state index in [4.69, 9.17) is 19.7 Å². The van der Waals surface area contributed by atoms with Crippen LogP contribution in [0.1, 0.15) is 45.4 Å². The summed E-state index contributed by atoms with van der Waals surface area (Å²) in [5.41, 5.74) is 0. The first-order valence-electron chi connectivity index (χ1n) is 6.75. The van der Waals surface area contributed by atoms with Crippen LogP contribution in [0.15, 0.2) is 0 Å². The zero-order valence-electron chi connectivity index (χ0n) is 11.1. The van der Waals surface area contributed by atoms with Crippen molar-refractivity contribution in [2.75, 3.05) is 33.0 Å². The molecule has 0 aromatic rings. The lowest BCUT2D eigenvalue weighted by Gasteiger charge is -2.02. The summed E-state index contributed by atoms with van der Waals surface area (Å²) in [5.74, 6) is 0. The largest absolute Gasteiger partial charge is 0.394 e. The van der Waals surface area contributed by atoms with Crippen LogP contribution in [0.5, 0.6) is 0 Å². The molecule has 1 saturated carbocycles. The van der Waals surface area contributed by atoms with Crippen LogP contribution in [0.25, 0.3) is 0 Å². The molecule has 1 rings (SSSR count). The highest BCUT2D eigenvalue weighted by Gasteiger charge is 2.09. The summed E-state index contributed by atoms with van der Waals surface area (Å²) in [7, 11) is 0. The molecule has 0 spiro atoms. The van der Waals surface area contributed by atoms with E-state index in [-0.39, 0.29) is 12.7 Å². The molecule has 0 amide bonds. The molecule has 1 aliphatic rings. The zero-order valence-corrected chi connectivity index (χ0v) is 11.1. The molecule has 0 atom stereocenters. The first-order valence-corrected chi connectivity index (χ1v) is 6.75. The minimum Gasteiger partial charge on any atom is -0.394 e. The third-order valence-electron chi connectivity index (χ3n) is 2.57. The van der Waals surface area contributed by atoms with Crippen molar-refractivity contribution in [3.8, 4) is 0 Å². The van der Waals surface area contributed by atoms with E-state index >= 15 is 0 Å². The van der Waals surface area contributed by atoms with Crippen molar-refractivity contribution < 1.29 is 19.7 Å². The summed E-state index contributed by atoms with van der Waals surface area (Å²) in [6.07, 6.45) is 6.88. The van der Waals surface area contributed by atoms with E-state index in [1.54, 1.807) is 0 Å². The molecule has 0 saturated heterocycles. The fourth-order valence-electron chi connectivity index (χ4n) is 1.54. The lowest BCUT2D eigenvalue weighted by atomic mass is 10.3. The number of hydrogen-bond donors (Lipinski definition) is 2. The second-order valence-corrected chi connectivity index (χ2v) is 4.24. The molecule has 0 bridgehead atoms. The van der Waals surface area contributed by atoms with E-state index < -0.39 is 0 Å². The second-order valence-electron chi connectivity index (χ2n) is 4.24. The smallest absolute Gasteiger partial charge is 0.0701 e. The average Bonchev–Trinajstić information content (AvgIpc) is 2.80. The first-order chi connectivity index (χ1) is 8.31. The highest BCUT2D eigenvalue weighted by atomic mass is 16.5. The second kappa shape index (κ2) is 13.9. The van der Waals surface area contributed by atoms with Crippen LogP contribution < -0.4 is 0 Å². The molecule has 1 aliphatic carbocycles. The molecular formula is C13H28O4. The summed E-state index contributed by atoms with van der Waals surface area (Å²) in [4.78, 5) is 0. The Morgan fingerprint density at radius 2 is 1.59 bits per heavy atom. The molecule has 0 aromatic heterocycles. The fourth-order valence-corrected chi connectivity index (χ4v) is 1.54. The predicted octanol–water partition coefficient (Wildman–Crippen LogP) is 1.73. The van der Waals surface area contributed by atoms with Crippen LogP contribution in [-0.2, 0) is 9.47 Å². The maximum atomic E-state index is 8.73. The van der Waals surface area contributed by atoms with Crippen LogP contribution in [-0.4, -0.2) is 49.4 Å². The minimum atomic E-state index is 0.0463. The van der Waals surface area contributed by atoms with E-state index in [1.807, 2.05) is 0 Å². The fraction of sp³-hybridized carbons (Fsp3) is 1.00. The maximum Gasteiger partial charge on any atom is 0.0701 e. The van der Waals surface area contributed by atoms with E-state index in [0.29, 0.717) is 19.8 Å². The van der Waals surface area contributed by atoms with Crippen LogP contribution >= 0.6 is 0 Å². The Morgan fingerprint density at radius 1 is 1.00 bits per heavy atom. The van der Waals surface area contributed by atoms with Gasteiger partial charge in [0.25, 0.3) is 0 Å². The third-order valence-corrected chi connectivity index (χ3v) is 2.57. The summed E-state index contributed by atoms with van der Waals surface area (Å²) in [6, 6.07) is 0. The van der Waals surface area contributed by atoms with Gasteiger partial charge < -0.3 is 19.7 Å². The van der Waals surface area contributed by atoms with Crippen LogP contribution in [0.2, 0.25) is 0 Å². The van der Waals surface area contributed by atoms with Gasteiger partial charge >= 0.3 is 0 Å². The lowest BCUT2D eigenvalue weighted by Crippen LogP contribution is -2.07. The molecule has 0 aliphatic heterocycles. The molecule has 4 nitrogen and oxygen atoms in total. The normalized spacial score (nSPS) is 15.7. The Morgan fingerprint density at radius 3 is 2.00 bits per heavy atom. The van der Waals surface area contributed by atoms with Crippen molar-refractivity contribution in [3.05, 3.63) is 0 Å². The number of rotatable bonds is 8. The van der Waals surface area contributed by atoms with Gasteiger partial charge in [0.2, 0.25) is 0 Å². The van der Waals surface area contributed by atoms with E-state index in [9.17, 15) is 0 Å². The van der Waals surface area contributed by atoms with Crippen molar-refractivity contribution in [2.24, 2.45) is 0 Å². The van der Waals surface area contributed by atoms with Crippen molar-refractivity contribution in [1.29, 1.82) is 0 Å². The van der Waals surface area contributed by atoms with Crippen LogP contribution in [0.4, 0.5) is 0 Å². The van der Waals surface area contributed by atoms with Crippen molar-refractivity contribution >= 4 is 0 Å². The van der Waals surface area contributed by atoms with Gasteiger partial charge in [-0.2, -0.15) is 0 Å². The molecule has 2 N–H and O–H groups in total. The van der Waals surface area contributed by atoms with Gasteiger partial charge in [0.05, 0.1) is 32.5 Å². The average molecular weight is 248 g/mol. The van der Waals surface area contributed by atoms with Crippen molar-refractivity contribution in [3.63, 3.8) is 0 Å². The molecule has 4 heteroatoms. The summed E-state index contributed by atoms with van der Waals surface area (Å²) in [6.45, 7) is 4.68. The number of ether oxygens (including phenoxy) is 2. The Hall–Kier alpha value is -0.160. The van der Waals surface area contributed by atoms with E-state index in [2.05, 4.69) is 6.92 Å². The number of unbranched alkanes of at least 4 members (excludes halogenated alkanes) is 1. The van der Waals surface area contributed by atoms with Crippen molar-refractivity contribution in [1.82, 2.24) is 0 Å². The predicted molar refractivity (Wildman–Crippen MR) is 68.1 cm³/mol. The lowest BCUT2D eigenvalue weighted by molar-refractivity contribution is 0.0324. The molecule has 17 heavy (non-hydrogen) atoms. The maximum absolute atomic E-state index is 8.73. The van der Waals surface area contributed by atoms with E-state index in [1.165, 1.54) is 12.8 Å². The number of aliphatic hydroxyl groups excluding tert-OH is 2. The molecule has 0 heterocycles.